The highest BCUT2D eigenvalue weighted by molar-refractivity contribution is 7.12. The van der Waals surface area contributed by atoms with Gasteiger partial charge in [0.2, 0.25) is 0 Å². The second-order valence-electron chi connectivity index (χ2n) is 6.17. The van der Waals surface area contributed by atoms with E-state index in [9.17, 15) is 4.79 Å². The zero-order valence-corrected chi connectivity index (χ0v) is 13.3. The van der Waals surface area contributed by atoms with Crippen LogP contribution >= 0.6 is 11.3 Å². The summed E-state index contributed by atoms with van der Waals surface area (Å²) in [5, 5.41) is 3.24. The standard InChI is InChI=1S/C18H18N2OS/c1-20(17(21)16-7-4-10-22-16)12-18(8-9-18)14-11-19-15-6-3-2-5-13(14)15/h2-7,10-11,19H,8-9,12H2,1H3. The molecule has 3 nitrogen and oxygen atoms in total. The van der Waals surface area contributed by atoms with Gasteiger partial charge in [-0.1, -0.05) is 24.3 Å². The first-order valence-electron chi connectivity index (χ1n) is 7.55. The van der Waals surface area contributed by atoms with Crippen LogP contribution in [0.3, 0.4) is 0 Å². The van der Waals surface area contributed by atoms with Crippen LogP contribution in [0.15, 0.2) is 48.0 Å². The number of rotatable bonds is 4. The Labute approximate surface area is 133 Å². The number of para-hydroxylation sites is 1. The van der Waals surface area contributed by atoms with Gasteiger partial charge in [-0.25, -0.2) is 0 Å². The molecule has 1 saturated carbocycles. The van der Waals surface area contributed by atoms with Crippen molar-refractivity contribution < 1.29 is 4.79 Å². The maximum Gasteiger partial charge on any atom is 0.263 e. The minimum atomic E-state index is 0.126. The predicted molar refractivity (Wildman–Crippen MR) is 90.5 cm³/mol. The maximum absolute atomic E-state index is 12.5. The largest absolute Gasteiger partial charge is 0.361 e. The Balaban J connectivity index is 1.61. The minimum Gasteiger partial charge on any atom is -0.361 e. The van der Waals surface area contributed by atoms with Gasteiger partial charge < -0.3 is 9.88 Å². The number of nitrogens with zero attached hydrogens (tertiary/aromatic N) is 1. The topological polar surface area (TPSA) is 36.1 Å². The van der Waals surface area contributed by atoms with Crippen LogP contribution in [0.25, 0.3) is 10.9 Å². The van der Waals surface area contributed by atoms with Gasteiger partial charge in [0, 0.05) is 36.1 Å². The first-order valence-corrected chi connectivity index (χ1v) is 8.43. The summed E-state index contributed by atoms with van der Waals surface area (Å²) < 4.78 is 0. The number of H-pyrrole nitrogens is 1. The molecule has 0 unspecified atom stereocenters. The van der Waals surface area contributed by atoms with Crippen molar-refractivity contribution in [2.45, 2.75) is 18.3 Å². The molecule has 3 aromatic rings. The fourth-order valence-corrected chi connectivity index (χ4v) is 4.01. The van der Waals surface area contributed by atoms with E-state index in [2.05, 4.69) is 35.4 Å². The number of fused-ring (bicyclic) bond motifs is 1. The summed E-state index contributed by atoms with van der Waals surface area (Å²) in [4.78, 5) is 18.5. The molecule has 2 heterocycles. The molecule has 1 aromatic carbocycles. The molecule has 0 saturated heterocycles. The van der Waals surface area contributed by atoms with Gasteiger partial charge in [0.1, 0.15) is 0 Å². The van der Waals surface area contributed by atoms with E-state index in [4.69, 9.17) is 0 Å². The number of carbonyl (C=O) groups excluding carboxylic acids is 1. The normalized spacial score (nSPS) is 15.9. The second-order valence-corrected chi connectivity index (χ2v) is 7.11. The van der Waals surface area contributed by atoms with E-state index in [0.29, 0.717) is 0 Å². The Bertz CT molecular complexity index is 815. The summed E-state index contributed by atoms with van der Waals surface area (Å²) in [6.07, 6.45) is 4.43. The first kappa shape index (κ1) is 13.6. The number of amides is 1. The van der Waals surface area contributed by atoms with Gasteiger partial charge in [-0.15, -0.1) is 11.3 Å². The van der Waals surface area contributed by atoms with E-state index in [1.165, 1.54) is 27.8 Å². The first-order chi connectivity index (χ1) is 10.7. The molecule has 1 aliphatic carbocycles. The molecule has 1 aliphatic rings. The minimum absolute atomic E-state index is 0.126. The summed E-state index contributed by atoms with van der Waals surface area (Å²) in [5.74, 6) is 0.126. The van der Waals surface area contributed by atoms with Crippen LogP contribution in [0, 0.1) is 0 Å². The Morgan fingerprint density at radius 1 is 1.27 bits per heavy atom. The number of benzene rings is 1. The quantitative estimate of drug-likeness (QED) is 0.776. The van der Waals surface area contributed by atoms with E-state index < -0.39 is 0 Å². The van der Waals surface area contributed by atoms with Crippen molar-refractivity contribution in [3.8, 4) is 0 Å². The highest BCUT2D eigenvalue weighted by Crippen LogP contribution is 2.50. The van der Waals surface area contributed by atoms with Gasteiger partial charge in [0.15, 0.2) is 0 Å². The lowest BCUT2D eigenvalue weighted by molar-refractivity contribution is 0.0786. The van der Waals surface area contributed by atoms with Crippen molar-refractivity contribution in [2.24, 2.45) is 0 Å². The molecule has 0 bridgehead atoms. The summed E-state index contributed by atoms with van der Waals surface area (Å²) in [5.41, 5.74) is 2.66. The fraction of sp³-hybridized carbons (Fsp3) is 0.278. The highest BCUT2D eigenvalue weighted by Gasteiger charge is 2.47. The lowest BCUT2D eigenvalue weighted by atomic mass is 9.95. The number of carbonyl (C=O) groups is 1. The van der Waals surface area contributed by atoms with Crippen LogP contribution in [0.2, 0.25) is 0 Å². The van der Waals surface area contributed by atoms with E-state index in [-0.39, 0.29) is 11.3 Å². The van der Waals surface area contributed by atoms with Crippen LogP contribution in [-0.4, -0.2) is 29.4 Å². The van der Waals surface area contributed by atoms with Crippen LogP contribution in [0.4, 0.5) is 0 Å². The smallest absolute Gasteiger partial charge is 0.263 e. The third-order valence-corrected chi connectivity index (χ3v) is 5.49. The molecular formula is C18H18N2OS. The van der Waals surface area contributed by atoms with E-state index in [0.717, 1.165) is 24.3 Å². The van der Waals surface area contributed by atoms with E-state index in [1.807, 2.05) is 29.5 Å². The molecule has 1 N–H and O–H groups in total. The number of aromatic nitrogens is 1. The van der Waals surface area contributed by atoms with Gasteiger partial charge in [0.05, 0.1) is 4.88 Å². The molecule has 0 spiro atoms. The van der Waals surface area contributed by atoms with Gasteiger partial charge in [-0.2, -0.15) is 0 Å². The number of likely N-dealkylation sites (N-methyl/N-ethyl adjacent to an activating group) is 1. The second kappa shape index (κ2) is 4.99. The summed E-state index contributed by atoms with van der Waals surface area (Å²) in [6, 6.07) is 12.2. The molecular weight excluding hydrogens is 292 g/mol. The van der Waals surface area contributed by atoms with Gasteiger partial charge in [-0.05, 0) is 35.9 Å². The molecule has 4 rings (SSSR count). The average molecular weight is 310 g/mol. The third-order valence-electron chi connectivity index (χ3n) is 4.63. The molecule has 112 valence electrons. The lowest BCUT2D eigenvalue weighted by Gasteiger charge is -2.23. The summed E-state index contributed by atoms with van der Waals surface area (Å²) >= 11 is 1.51. The van der Waals surface area contributed by atoms with Gasteiger partial charge >= 0.3 is 0 Å². The van der Waals surface area contributed by atoms with Crippen molar-refractivity contribution in [1.29, 1.82) is 0 Å². The number of thiophene rings is 1. The van der Waals surface area contributed by atoms with Crippen molar-refractivity contribution in [3.05, 3.63) is 58.4 Å². The number of hydrogen-bond donors (Lipinski definition) is 1. The monoisotopic (exact) mass is 310 g/mol. The lowest BCUT2D eigenvalue weighted by Crippen LogP contribution is -2.34. The van der Waals surface area contributed by atoms with Crippen LogP contribution in [0.5, 0.6) is 0 Å². The summed E-state index contributed by atoms with van der Waals surface area (Å²) in [7, 11) is 1.91. The zero-order valence-electron chi connectivity index (χ0n) is 12.5. The van der Waals surface area contributed by atoms with E-state index >= 15 is 0 Å². The van der Waals surface area contributed by atoms with Gasteiger partial charge in [0.25, 0.3) is 5.91 Å². The SMILES string of the molecule is CN(CC1(c2c[nH]c3ccccc23)CC1)C(=O)c1cccs1. The molecule has 4 heteroatoms. The molecule has 1 amide bonds. The van der Waals surface area contributed by atoms with E-state index in [1.54, 1.807) is 0 Å². The number of hydrogen-bond acceptors (Lipinski definition) is 2. The molecule has 2 aromatic heterocycles. The Hall–Kier alpha value is -2.07. The maximum atomic E-state index is 12.5. The molecule has 0 radical (unpaired) electrons. The highest BCUT2D eigenvalue weighted by atomic mass is 32.1. The van der Waals surface area contributed by atoms with Crippen LogP contribution in [-0.2, 0) is 5.41 Å². The molecule has 0 atom stereocenters. The molecule has 0 aliphatic heterocycles. The Morgan fingerprint density at radius 3 is 2.82 bits per heavy atom. The average Bonchev–Trinajstić information content (AvgIpc) is 2.97. The summed E-state index contributed by atoms with van der Waals surface area (Å²) in [6.45, 7) is 0.783. The Kier molecular flexibility index (Phi) is 3.08. The fourth-order valence-electron chi connectivity index (χ4n) is 3.29. The van der Waals surface area contributed by atoms with Gasteiger partial charge in [-0.3, -0.25) is 4.79 Å². The van der Waals surface area contributed by atoms with Crippen molar-refractivity contribution >= 4 is 28.1 Å². The van der Waals surface area contributed by atoms with Crippen LogP contribution < -0.4 is 0 Å². The van der Waals surface area contributed by atoms with Crippen LogP contribution in [0.1, 0.15) is 28.1 Å². The predicted octanol–water partition coefficient (Wildman–Crippen LogP) is 4.03. The molecule has 22 heavy (non-hydrogen) atoms. The number of aromatic amines is 1. The number of nitrogens with one attached hydrogen (secondary N) is 1. The van der Waals surface area contributed by atoms with Crippen molar-refractivity contribution in [1.82, 2.24) is 9.88 Å². The Morgan fingerprint density at radius 2 is 2.09 bits per heavy atom. The molecule has 1 fully saturated rings. The van der Waals surface area contributed by atoms with Crippen molar-refractivity contribution in [3.63, 3.8) is 0 Å². The third kappa shape index (κ3) is 2.15. The van der Waals surface area contributed by atoms with Crippen molar-refractivity contribution in [2.75, 3.05) is 13.6 Å². The zero-order chi connectivity index (χ0) is 15.2.